The zero-order chi connectivity index (χ0) is 10.6. The summed E-state index contributed by atoms with van der Waals surface area (Å²) in [6, 6.07) is -0.218. The lowest BCUT2D eigenvalue weighted by molar-refractivity contribution is -0.150. The lowest BCUT2D eigenvalue weighted by Gasteiger charge is -2.30. The third-order valence-electron chi connectivity index (χ3n) is 2.29. The van der Waals surface area contributed by atoms with E-state index in [-0.39, 0.29) is 24.4 Å². The number of nitrogens with one attached hydrogen (secondary N) is 1. The highest BCUT2D eigenvalue weighted by Crippen LogP contribution is 2.05. The van der Waals surface area contributed by atoms with Gasteiger partial charge in [-0.05, 0) is 6.42 Å². The van der Waals surface area contributed by atoms with Gasteiger partial charge in [0.25, 0.3) is 0 Å². The van der Waals surface area contributed by atoms with E-state index in [4.69, 9.17) is 4.74 Å². The van der Waals surface area contributed by atoms with E-state index in [0.717, 1.165) is 0 Å². The molecule has 1 fully saturated rings. The maximum atomic E-state index is 11.7. The number of methoxy groups -OCH3 is 1. The number of imide groups is 1. The van der Waals surface area contributed by atoms with Gasteiger partial charge in [0.05, 0.1) is 25.7 Å². The van der Waals surface area contributed by atoms with Gasteiger partial charge >= 0.3 is 0 Å². The summed E-state index contributed by atoms with van der Waals surface area (Å²) >= 11 is 0. The summed E-state index contributed by atoms with van der Waals surface area (Å²) in [6.45, 7) is 2.91. The van der Waals surface area contributed by atoms with Gasteiger partial charge in [0.15, 0.2) is 0 Å². The molecule has 0 aliphatic carbocycles. The summed E-state index contributed by atoms with van der Waals surface area (Å²) in [5.41, 5.74) is 0. The lowest BCUT2D eigenvalue weighted by atomic mass is 10.1. The van der Waals surface area contributed by atoms with Crippen LogP contribution in [0.5, 0.6) is 0 Å². The largest absolute Gasteiger partial charge is 0.383 e. The second kappa shape index (κ2) is 5.07. The van der Waals surface area contributed by atoms with Crippen molar-refractivity contribution in [1.82, 2.24) is 10.2 Å². The number of piperazine rings is 1. The van der Waals surface area contributed by atoms with Crippen molar-refractivity contribution in [3.05, 3.63) is 0 Å². The number of carbonyl (C=O) groups is 2. The normalized spacial score (nSPS) is 23.0. The fourth-order valence-corrected chi connectivity index (χ4v) is 1.44. The smallest absolute Gasteiger partial charge is 0.246 e. The monoisotopic (exact) mass is 200 g/mol. The fourth-order valence-electron chi connectivity index (χ4n) is 1.44. The Bertz CT molecular complexity index is 230. The van der Waals surface area contributed by atoms with E-state index in [1.54, 1.807) is 7.11 Å². The average molecular weight is 200 g/mol. The maximum Gasteiger partial charge on any atom is 0.246 e. The Morgan fingerprint density at radius 3 is 2.86 bits per heavy atom. The molecule has 80 valence electrons. The molecule has 5 heteroatoms. The molecule has 14 heavy (non-hydrogen) atoms. The van der Waals surface area contributed by atoms with E-state index in [1.165, 1.54) is 4.90 Å². The number of hydrogen-bond donors (Lipinski definition) is 1. The predicted octanol–water partition coefficient (Wildman–Crippen LogP) is -0.630. The molecule has 1 unspecified atom stereocenters. The first-order valence-corrected chi connectivity index (χ1v) is 4.77. The summed E-state index contributed by atoms with van der Waals surface area (Å²) in [4.78, 5) is 24.3. The van der Waals surface area contributed by atoms with Crippen molar-refractivity contribution in [3.8, 4) is 0 Å². The van der Waals surface area contributed by atoms with Gasteiger partial charge in [0.1, 0.15) is 0 Å². The number of ether oxygens (including phenoxy) is 1. The molecule has 1 N–H and O–H groups in total. The molecule has 0 aromatic carbocycles. The molecule has 1 aliphatic rings. The molecule has 0 spiro atoms. The molecule has 0 bridgehead atoms. The molecule has 0 aromatic rings. The van der Waals surface area contributed by atoms with Crippen LogP contribution in [0.15, 0.2) is 0 Å². The molecule has 2 amide bonds. The Kier molecular flexibility index (Phi) is 4.03. The highest BCUT2D eigenvalue weighted by Gasteiger charge is 2.32. The number of nitrogens with zero attached hydrogens (tertiary/aromatic N) is 1. The van der Waals surface area contributed by atoms with Gasteiger partial charge in [0.2, 0.25) is 11.8 Å². The summed E-state index contributed by atoms with van der Waals surface area (Å²) in [7, 11) is 1.55. The molecule has 0 radical (unpaired) electrons. The van der Waals surface area contributed by atoms with Crippen LogP contribution in [0.3, 0.4) is 0 Å². The lowest BCUT2D eigenvalue weighted by Crippen LogP contribution is -2.58. The minimum absolute atomic E-state index is 0.138. The van der Waals surface area contributed by atoms with Gasteiger partial charge in [0, 0.05) is 7.11 Å². The van der Waals surface area contributed by atoms with Crippen molar-refractivity contribution >= 4 is 11.8 Å². The van der Waals surface area contributed by atoms with Crippen LogP contribution in [-0.2, 0) is 14.3 Å². The van der Waals surface area contributed by atoms with Crippen LogP contribution >= 0.6 is 0 Å². The van der Waals surface area contributed by atoms with E-state index >= 15 is 0 Å². The van der Waals surface area contributed by atoms with Gasteiger partial charge in [-0.15, -0.1) is 0 Å². The standard InChI is InChI=1S/C9H16N2O3/c1-3-7-9(13)11(4-5-14-2)8(12)6-10-7/h7,10H,3-6H2,1-2H3. The molecule has 1 atom stereocenters. The quantitative estimate of drug-likeness (QED) is 0.614. The second-order valence-electron chi connectivity index (χ2n) is 3.22. The fraction of sp³-hybridized carbons (Fsp3) is 0.778. The van der Waals surface area contributed by atoms with Crippen LogP contribution in [0, 0.1) is 0 Å². The van der Waals surface area contributed by atoms with Gasteiger partial charge in [-0.2, -0.15) is 0 Å². The third kappa shape index (κ3) is 2.30. The highest BCUT2D eigenvalue weighted by molar-refractivity contribution is 6.01. The van der Waals surface area contributed by atoms with Gasteiger partial charge in [-0.3, -0.25) is 19.8 Å². The summed E-state index contributed by atoms with van der Waals surface area (Å²) in [5, 5.41) is 2.89. The van der Waals surface area contributed by atoms with Crippen LogP contribution in [0.25, 0.3) is 0 Å². The number of hydrogen-bond acceptors (Lipinski definition) is 4. The Labute approximate surface area is 83.4 Å². The van der Waals surface area contributed by atoms with Crippen molar-refractivity contribution < 1.29 is 14.3 Å². The van der Waals surface area contributed by atoms with Crippen molar-refractivity contribution in [2.24, 2.45) is 0 Å². The maximum absolute atomic E-state index is 11.7. The predicted molar refractivity (Wildman–Crippen MR) is 50.7 cm³/mol. The van der Waals surface area contributed by atoms with Crippen molar-refractivity contribution in [2.75, 3.05) is 26.8 Å². The van der Waals surface area contributed by atoms with E-state index in [9.17, 15) is 9.59 Å². The zero-order valence-corrected chi connectivity index (χ0v) is 8.58. The Morgan fingerprint density at radius 2 is 2.29 bits per heavy atom. The van der Waals surface area contributed by atoms with Gasteiger partial charge in [-0.1, -0.05) is 6.92 Å². The summed E-state index contributed by atoms with van der Waals surface area (Å²) < 4.78 is 4.84. The van der Waals surface area contributed by atoms with E-state index in [1.807, 2.05) is 6.92 Å². The summed E-state index contributed by atoms with van der Waals surface area (Å²) in [6.07, 6.45) is 0.704. The SMILES string of the molecule is CCC1NCC(=O)N(CCOC)C1=O. The zero-order valence-electron chi connectivity index (χ0n) is 8.58. The van der Waals surface area contributed by atoms with E-state index < -0.39 is 0 Å². The Morgan fingerprint density at radius 1 is 1.57 bits per heavy atom. The first kappa shape index (κ1) is 11.1. The van der Waals surface area contributed by atoms with Crippen molar-refractivity contribution in [3.63, 3.8) is 0 Å². The minimum atomic E-state index is -0.218. The topological polar surface area (TPSA) is 58.6 Å². The molecule has 0 aromatic heterocycles. The van der Waals surface area contributed by atoms with Crippen LogP contribution in [-0.4, -0.2) is 49.6 Å². The molecule has 1 saturated heterocycles. The van der Waals surface area contributed by atoms with E-state index in [0.29, 0.717) is 19.6 Å². The number of rotatable bonds is 4. The highest BCUT2D eigenvalue weighted by atomic mass is 16.5. The second-order valence-corrected chi connectivity index (χ2v) is 3.22. The van der Waals surface area contributed by atoms with Crippen LogP contribution in [0.2, 0.25) is 0 Å². The number of amides is 2. The molecular weight excluding hydrogens is 184 g/mol. The Balaban J connectivity index is 2.59. The molecular formula is C9H16N2O3. The van der Waals surface area contributed by atoms with Crippen molar-refractivity contribution in [2.45, 2.75) is 19.4 Å². The van der Waals surface area contributed by atoms with E-state index in [2.05, 4.69) is 5.32 Å². The Hall–Kier alpha value is -0.940. The minimum Gasteiger partial charge on any atom is -0.383 e. The summed E-state index contributed by atoms with van der Waals surface area (Å²) in [5.74, 6) is -0.308. The molecule has 5 nitrogen and oxygen atoms in total. The first-order valence-electron chi connectivity index (χ1n) is 4.77. The molecule has 1 heterocycles. The molecule has 1 rings (SSSR count). The number of carbonyl (C=O) groups excluding carboxylic acids is 2. The first-order chi connectivity index (χ1) is 6.70. The van der Waals surface area contributed by atoms with Gasteiger partial charge < -0.3 is 4.74 Å². The molecule has 1 aliphatic heterocycles. The average Bonchev–Trinajstić information content (AvgIpc) is 2.18. The van der Waals surface area contributed by atoms with Crippen LogP contribution in [0.4, 0.5) is 0 Å². The molecule has 0 saturated carbocycles. The van der Waals surface area contributed by atoms with Gasteiger partial charge in [-0.25, -0.2) is 0 Å². The third-order valence-corrected chi connectivity index (χ3v) is 2.29. The van der Waals surface area contributed by atoms with Crippen LogP contribution in [0.1, 0.15) is 13.3 Å². The van der Waals surface area contributed by atoms with Crippen LogP contribution < -0.4 is 5.32 Å². The van der Waals surface area contributed by atoms with Crippen molar-refractivity contribution in [1.29, 1.82) is 0 Å².